The molecule has 1 heterocycles. The van der Waals surface area contributed by atoms with E-state index in [1.165, 1.54) is 6.07 Å². The minimum atomic E-state index is -4.75. The molecule has 2 aromatic rings. The Labute approximate surface area is 218 Å². The average Bonchev–Trinajstić information content (AvgIpc) is 3.23. The van der Waals surface area contributed by atoms with Crippen LogP contribution in [0.4, 0.5) is 17.6 Å². The third-order valence-corrected chi connectivity index (χ3v) is 7.10. The van der Waals surface area contributed by atoms with Gasteiger partial charge in [0.15, 0.2) is 0 Å². The van der Waals surface area contributed by atoms with Gasteiger partial charge in [-0.05, 0) is 56.5 Å². The molecule has 198 valence electrons. The molecule has 0 saturated carbocycles. The molecule has 11 heteroatoms. The largest absolute Gasteiger partial charge is 0.419 e. The first kappa shape index (κ1) is 28.7. The molecule has 1 saturated heterocycles. The molecule has 0 aromatic heterocycles. The number of likely N-dealkylation sites (tertiary alicyclic amines) is 1. The van der Waals surface area contributed by atoms with Crippen molar-refractivity contribution >= 4 is 29.1 Å². The fourth-order valence-electron chi connectivity index (χ4n) is 4.41. The highest BCUT2D eigenvalue weighted by Gasteiger charge is 2.39. The van der Waals surface area contributed by atoms with Crippen LogP contribution in [0, 0.1) is 5.82 Å². The second kappa shape index (κ2) is 12.1. The second-order valence-corrected chi connectivity index (χ2v) is 10.2. The van der Waals surface area contributed by atoms with Gasteiger partial charge in [-0.15, -0.1) is 0 Å². The van der Waals surface area contributed by atoms with Crippen molar-refractivity contribution in [2.45, 2.75) is 24.7 Å². The first-order valence-electron chi connectivity index (χ1n) is 11.5. The van der Waals surface area contributed by atoms with Gasteiger partial charge in [0.05, 0.1) is 22.2 Å². The van der Waals surface area contributed by atoms with Gasteiger partial charge in [0.1, 0.15) is 5.82 Å². The van der Waals surface area contributed by atoms with E-state index in [0.29, 0.717) is 35.2 Å². The summed E-state index contributed by atoms with van der Waals surface area (Å²) >= 11 is 12.3. The summed E-state index contributed by atoms with van der Waals surface area (Å²) in [6.45, 7) is 2.74. The van der Waals surface area contributed by atoms with Gasteiger partial charge in [0.2, 0.25) is 5.91 Å². The number of halogens is 6. The molecule has 1 aliphatic heterocycles. The minimum absolute atomic E-state index is 0.0460. The van der Waals surface area contributed by atoms with Gasteiger partial charge in [-0.3, -0.25) is 9.69 Å². The lowest BCUT2D eigenvalue weighted by Gasteiger charge is -2.29. The predicted molar refractivity (Wildman–Crippen MR) is 134 cm³/mol. The molecule has 3 rings (SSSR count). The highest BCUT2D eigenvalue weighted by molar-refractivity contribution is 6.42. The van der Waals surface area contributed by atoms with Crippen molar-refractivity contribution in [2.24, 2.45) is 0 Å². The quantitative estimate of drug-likeness (QED) is 0.363. The molecule has 1 fully saturated rings. The van der Waals surface area contributed by atoms with E-state index in [1.807, 2.05) is 37.0 Å². The highest BCUT2D eigenvalue weighted by Crippen LogP contribution is 2.35. The summed E-state index contributed by atoms with van der Waals surface area (Å²) in [4.78, 5) is 18.6. The number of hydrogen-bond donors (Lipinski definition) is 1. The van der Waals surface area contributed by atoms with Crippen LogP contribution in [0.3, 0.4) is 0 Å². The number of alkyl halides is 3. The summed E-state index contributed by atoms with van der Waals surface area (Å²) in [5.41, 5.74) is 0.0173. The van der Waals surface area contributed by atoms with E-state index in [9.17, 15) is 22.4 Å². The maximum absolute atomic E-state index is 14.1. The van der Waals surface area contributed by atoms with Crippen LogP contribution in [-0.2, 0) is 17.5 Å². The van der Waals surface area contributed by atoms with Crippen molar-refractivity contribution in [1.29, 1.82) is 0 Å². The number of rotatable bonds is 9. The van der Waals surface area contributed by atoms with E-state index in [2.05, 4.69) is 5.32 Å². The Morgan fingerprint density at radius 3 is 2.42 bits per heavy atom. The van der Waals surface area contributed by atoms with Crippen molar-refractivity contribution in [2.75, 3.05) is 53.9 Å². The molecule has 2 aromatic carbocycles. The zero-order valence-corrected chi connectivity index (χ0v) is 21.9. The number of benzene rings is 2. The van der Waals surface area contributed by atoms with Crippen molar-refractivity contribution in [1.82, 2.24) is 20.0 Å². The van der Waals surface area contributed by atoms with Gasteiger partial charge in [-0.1, -0.05) is 35.3 Å². The van der Waals surface area contributed by atoms with Crippen LogP contribution in [0.25, 0.3) is 0 Å². The number of carbonyl (C=O) groups excluding carboxylic acids is 1. The summed E-state index contributed by atoms with van der Waals surface area (Å²) in [5, 5.41) is 3.97. The van der Waals surface area contributed by atoms with Gasteiger partial charge in [0, 0.05) is 44.7 Å². The number of hydrogen-bond acceptors (Lipinski definition) is 4. The van der Waals surface area contributed by atoms with E-state index in [4.69, 9.17) is 23.2 Å². The Balaban J connectivity index is 1.77. The van der Waals surface area contributed by atoms with Gasteiger partial charge < -0.3 is 15.1 Å². The first-order valence-corrected chi connectivity index (χ1v) is 12.3. The molecule has 2 unspecified atom stereocenters. The number of carbonyl (C=O) groups is 1. The fraction of sp³-hybridized carbons (Fsp3) is 0.480. The number of amides is 1. The van der Waals surface area contributed by atoms with Gasteiger partial charge >= 0.3 is 6.18 Å². The zero-order valence-electron chi connectivity index (χ0n) is 20.4. The smallest absolute Gasteiger partial charge is 0.339 e. The number of nitrogens with zero attached hydrogens (tertiary/aromatic N) is 3. The van der Waals surface area contributed by atoms with Crippen LogP contribution < -0.4 is 5.32 Å². The van der Waals surface area contributed by atoms with E-state index in [-0.39, 0.29) is 31.0 Å². The Morgan fingerprint density at radius 2 is 1.81 bits per heavy atom. The lowest BCUT2D eigenvalue weighted by atomic mass is 9.93. The normalized spacial score (nSPS) is 18.5. The number of nitrogens with one attached hydrogen (secondary N) is 1. The predicted octanol–water partition coefficient (Wildman–Crippen LogP) is 4.73. The highest BCUT2D eigenvalue weighted by atomic mass is 35.5. The van der Waals surface area contributed by atoms with E-state index in [0.717, 1.165) is 24.2 Å². The standard InChI is InChI=1S/C25H30Cl2F4N4O/c1-33(2)9-8-32-12-24(36)35-14-18(17-5-7-20(26)21(27)11-17)23(15-35)34(3)13-16-4-6-19(22(28)10-16)25(29,30)31/h4-7,10-11,18,23,32H,8-9,12-15H2,1-3H3. The molecule has 0 spiro atoms. The molecule has 36 heavy (non-hydrogen) atoms. The van der Waals surface area contributed by atoms with Crippen LogP contribution >= 0.6 is 23.2 Å². The molecule has 1 amide bonds. The summed E-state index contributed by atoms with van der Waals surface area (Å²) in [7, 11) is 5.72. The molecule has 2 atom stereocenters. The van der Waals surface area contributed by atoms with Gasteiger partial charge in [-0.2, -0.15) is 13.2 Å². The fourth-order valence-corrected chi connectivity index (χ4v) is 4.72. The lowest BCUT2D eigenvalue weighted by Crippen LogP contribution is -2.41. The number of likely N-dealkylation sites (N-methyl/N-ethyl adjacent to an activating group) is 2. The maximum Gasteiger partial charge on any atom is 0.419 e. The summed E-state index contributed by atoms with van der Waals surface area (Å²) in [6.07, 6.45) is -4.75. The monoisotopic (exact) mass is 548 g/mol. The average molecular weight is 549 g/mol. The Hall–Kier alpha value is -1.91. The molecule has 0 bridgehead atoms. The molecule has 0 radical (unpaired) electrons. The van der Waals surface area contributed by atoms with Crippen molar-refractivity contribution in [3.05, 3.63) is 69.0 Å². The third-order valence-electron chi connectivity index (χ3n) is 6.36. The van der Waals surface area contributed by atoms with E-state index >= 15 is 0 Å². The Morgan fingerprint density at radius 1 is 1.08 bits per heavy atom. The first-order chi connectivity index (χ1) is 16.9. The summed E-state index contributed by atoms with van der Waals surface area (Å²) in [5.74, 6) is -1.47. The van der Waals surface area contributed by atoms with Crippen LogP contribution in [0.1, 0.15) is 22.6 Å². The Bertz CT molecular complexity index is 1070. The summed E-state index contributed by atoms with van der Waals surface area (Å²) < 4.78 is 53.0. The zero-order chi connectivity index (χ0) is 26.6. The molecular weight excluding hydrogens is 519 g/mol. The van der Waals surface area contributed by atoms with Gasteiger partial charge in [-0.25, -0.2) is 4.39 Å². The van der Waals surface area contributed by atoms with Crippen LogP contribution in [-0.4, -0.2) is 80.5 Å². The maximum atomic E-state index is 14.1. The van der Waals surface area contributed by atoms with Crippen molar-refractivity contribution in [3.63, 3.8) is 0 Å². The topological polar surface area (TPSA) is 38.8 Å². The molecule has 0 aliphatic carbocycles. The van der Waals surface area contributed by atoms with Crippen LogP contribution in [0.5, 0.6) is 0 Å². The SMILES string of the molecule is CN(C)CCNCC(=O)N1CC(c2ccc(Cl)c(Cl)c2)C(N(C)Cc2ccc(C(F)(F)F)c(F)c2)C1. The molecule has 5 nitrogen and oxygen atoms in total. The van der Waals surface area contributed by atoms with E-state index in [1.54, 1.807) is 17.0 Å². The molecule has 1 aliphatic rings. The Kier molecular flexibility index (Phi) is 9.62. The van der Waals surface area contributed by atoms with Crippen LogP contribution in [0.15, 0.2) is 36.4 Å². The molecule has 1 N–H and O–H groups in total. The lowest BCUT2D eigenvalue weighted by molar-refractivity contribution is -0.140. The summed E-state index contributed by atoms with van der Waals surface area (Å²) in [6, 6.07) is 8.13. The third kappa shape index (κ3) is 7.32. The van der Waals surface area contributed by atoms with E-state index < -0.39 is 17.6 Å². The van der Waals surface area contributed by atoms with Crippen molar-refractivity contribution < 1.29 is 22.4 Å². The van der Waals surface area contributed by atoms with Gasteiger partial charge in [0.25, 0.3) is 0 Å². The minimum Gasteiger partial charge on any atom is -0.339 e. The van der Waals surface area contributed by atoms with Crippen molar-refractivity contribution in [3.8, 4) is 0 Å². The molecular formula is C25H30Cl2F4N4O. The second-order valence-electron chi connectivity index (χ2n) is 9.35. The van der Waals surface area contributed by atoms with Crippen LogP contribution in [0.2, 0.25) is 10.0 Å².